The molecule has 0 aromatic heterocycles. The summed E-state index contributed by atoms with van der Waals surface area (Å²) in [4.78, 5) is 47.5. The van der Waals surface area contributed by atoms with E-state index in [9.17, 15) is 33.3 Å². The molecular weight excluding hydrogens is 380 g/mol. The Bertz CT molecular complexity index is 977. The molecule has 0 saturated carbocycles. The number of nitrogens with one attached hydrogen (secondary N) is 1. The summed E-state index contributed by atoms with van der Waals surface area (Å²) in [5, 5.41) is 13.2. The zero-order valence-corrected chi connectivity index (χ0v) is 13.9. The first kappa shape index (κ1) is 18.9. The lowest BCUT2D eigenvalue weighted by Crippen LogP contribution is -2.37. The van der Waals surface area contributed by atoms with Crippen molar-refractivity contribution in [2.24, 2.45) is 0 Å². The summed E-state index contributed by atoms with van der Waals surface area (Å²) in [6, 6.07) is 8.27. The van der Waals surface area contributed by atoms with Gasteiger partial charge < -0.3 is 10.1 Å². The first-order chi connectivity index (χ1) is 13.3. The summed E-state index contributed by atoms with van der Waals surface area (Å²) in [6.07, 6.45) is 0. The van der Waals surface area contributed by atoms with E-state index >= 15 is 0 Å². The number of nitrogens with zero attached hydrogens (tertiary/aromatic N) is 2. The number of benzene rings is 2. The third-order valence-corrected chi connectivity index (χ3v) is 3.83. The molecule has 3 amide bonds. The number of carbonyl (C=O) groups is 3. The quantitative estimate of drug-likeness (QED) is 0.459. The third-order valence-electron chi connectivity index (χ3n) is 3.83. The van der Waals surface area contributed by atoms with Crippen LogP contribution in [0, 0.1) is 10.1 Å². The lowest BCUT2D eigenvalue weighted by molar-refractivity contribution is -0.384. The van der Waals surface area contributed by atoms with Crippen molar-refractivity contribution < 1.29 is 32.8 Å². The van der Waals surface area contributed by atoms with Gasteiger partial charge in [0, 0.05) is 17.8 Å². The van der Waals surface area contributed by atoms with Crippen LogP contribution in [0.25, 0.3) is 0 Å². The molecule has 0 unspecified atom stereocenters. The van der Waals surface area contributed by atoms with Crippen LogP contribution >= 0.6 is 0 Å². The molecule has 3 rings (SSSR count). The van der Waals surface area contributed by atoms with Gasteiger partial charge in [-0.15, -0.1) is 0 Å². The van der Waals surface area contributed by atoms with Gasteiger partial charge in [0.05, 0.1) is 16.1 Å². The molecule has 0 aliphatic carbocycles. The number of fused-ring (bicyclic) bond motifs is 1. The van der Waals surface area contributed by atoms with Gasteiger partial charge in [-0.25, -0.2) is 0 Å². The standard InChI is InChI=1S/C17H11F2N3O6/c18-17(19)28-11-4-1-9(2-5-11)20-14(23)8-21-15(24)12-6-3-10(22(26)27)7-13(12)16(21)25/h1-7,17H,8H2,(H,20,23). The monoisotopic (exact) mass is 391 g/mol. The van der Waals surface area contributed by atoms with Crippen LogP contribution in [-0.4, -0.2) is 40.7 Å². The number of non-ortho nitro benzene ring substituents is 1. The summed E-state index contributed by atoms with van der Waals surface area (Å²) < 4.78 is 28.4. The van der Waals surface area contributed by atoms with Gasteiger partial charge in [-0.2, -0.15) is 8.78 Å². The number of amides is 3. The minimum atomic E-state index is -2.98. The number of halogens is 2. The Morgan fingerprint density at radius 3 is 2.36 bits per heavy atom. The van der Waals surface area contributed by atoms with Crippen molar-refractivity contribution in [3.05, 3.63) is 63.7 Å². The Labute approximate surface area is 155 Å². The topological polar surface area (TPSA) is 119 Å². The van der Waals surface area contributed by atoms with Crippen molar-refractivity contribution in [1.82, 2.24) is 4.90 Å². The van der Waals surface area contributed by atoms with Gasteiger partial charge in [0.25, 0.3) is 17.5 Å². The number of imide groups is 1. The highest BCUT2D eigenvalue weighted by molar-refractivity contribution is 6.23. The Morgan fingerprint density at radius 1 is 1.11 bits per heavy atom. The van der Waals surface area contributed by atoms with Crippen molar-refractivity contribution in [1.29, 1.82) is 0 Å². The molecule has 1 heterocycles. The van der Waals surface area contributed by atoms with Gasteiger partial charge in [0.2, 0.25) is 5.91 Å². The van der Waals surface area contributed by atoms with Gasteiger partial charge >= 0.3 is 6.61 Å². The average molecular weight is 391 g/mol. The number of hydrogen-bond acceptors (Lipinski definition) is 6. The molecule has 2 aromatic carbocycles. The molecule has 11 heteroatoms. The van der Waals surface area contributed by atoms with E-state index in [0.717, 1.165) is 18.2 Å². The molecule has 1 aliphatic rings. The maximum atomic E-state index is 12.3. The highest BCUT2D eigenvalue weighted by Gasteiger charge is 2.37. The SMILES string of the molecule is O=C(CN1C(=O)c2ccc([N+](=O)[O-])cc2C1=O)Nc1ccc(OC(F)F)cc1. The fourth-order valence-corrected chi connectivity index (χ4v) is 2.60. The highest BCUT2D eigenvalue weighted by Crippen LogP contribution is 2.26. The molecule has 1 aliphatic heterocycles. The summed E-state index contributed by atoms with van der Waals surface area (Å²) in [5.41, 5.74) is -0.298. The molecule has 0 saturated heterocycles. The van der Waals surface area contributed by atoms with E-state index < -0.39 is 35.8 Å². The number of rotatable bonds is 6. The van der Waals surface area contributed by atoms with E-state index in [1.54, 1.807) is 0 Å². The normalized spacial score (nSPS) is 12.9. The molecule has 144 valence electrons. The number of hydrogen-bond donors (Lipinski definition) is 1. The molecule has 0 atom stereocenters. The number of carbonyl (C=O) groups excluding carboxylic acids is 3. The molecule has 2 aromatic rings. The first-order valence-electron chi connectivity index (χ1n) is 7.75. The summed E-state index contributed by atoms with van der Waals surface area (Å²) in [6.45, 7) is -3.60. The van der Waals surface area contributed by atoms with Crippen molar-refractivity contribution in [3.8, 4) is 5.75 Å². The molecule has 9 nitrogen and oxygen atoms in total. The number of alkyl halides is 2. The molecule has 28 heavy (non-hydrogen) atoms. The van der Waals surface area contributed by atoms with Crippen molar-refractivity contribution >= 4 is 29.1 Å². The Hall–Kier alpha value is -3.89. The van der Waals surface area contributed by atoms with Crippen LogP contribution in [0.4, 0.5) is 20.2 Å². The number of nitro benzene ring substituents is 1. The molecule has 0 bridgehead atoms. The van der Waals surface area contributed by atoms with Crippen molar-refractivity contribution in [2.75, 3.05) is 11.9 Å². The van der Waals surface area contributed by atoms with Crippen LogP contribution in [0.1, 0.15) is 20.7 Å². The second-order valence-corrected chi connectivity index (χ2v) is 5.63. The minimum Gasteiger partial charge on any atom is -0.435 e. The van der Waals surface area contributed by atoms with Gasteiger partial charge in [-0.3, -0.25) is 29.4 Å². The number of nitro groups is 1. The first-order valence-corrected chi connectivity index (χ1v) is 7.75. The number of anilines is 1. The van der Waals surface area contributed by atoms with Gasteiger partial charge in [0.15, 0.2) is 0 Å². The minimum absolute atomic E-state index is 0.0306. The zero-order chi connectivity index (χ0) is 20.4. The van der Waals surface area contributed by atoms with E-state index in [1.165, 1.54) is 24.3 Å². The second kappa shape index (κ2) is 7.39. The Kier molecular flexibility index (Phi) is 4.98. The van der Waals surface area contributed by atoms with E-state index in [1.807, 2.05) is 0 Å². The Morgan fingerprint density at radius 2 is 1.75 bits per heavy atom. The molecular formula is C17H11F2N3O6. The van der Waals surface area contributed by atoms with E-state index in [0.29, 0.717) is 4.90 Å². The van der Waals surface area contributed by atoms with Crippen LogP contribution in [0.15, 0.2) is 42.5 Å². The van der Waals surface area contributed by atoms with Crippen LogP contribution in [-0.2, 0) is 4.79 Å². The second-order valence-electron chi connectivity index (χ2n) is 5.63. The maximum Gasteiger partial charge on any atom is 0.387 e. The van der Waals surface area contributed by atoms with E-state index in [-0.39, 0.29) is 28.3 Å². The maximum absolute atomic E-state index is 12.3. The van der Waals surface area contributed by atoms with Crippen molar-refractivity contribution in [3.63, 3.8) is 0 Å². The van der Waals surface area contributed by atoms with E-state index in [4.69, 9.17) is 0 Å². The van der Waals surface area contributed by atoms with Gasteiger partial charge in [0.1, 0.15) is 12.3 Å². The summed E-state index contributed by atoms with van der Waals surface area (Å²) in [7, 11) is 0. The predicted octanol–water partition coefficient (Wildman–Crippen LogP) is 2.43. The van der Waals surface area contributed by atoms with Crippen molar-refractivity contribution in [2.45, 2.75) is 6.61 Å². The third kappa shape index (κ3) is 3.77. The van der Waals surface area contributed by atoms with Crippen LogP contribution in [0.5, 0.6) is 5.75 Å². The molecule has 0 fully saturated rings. The Balaban J connectivity index is 1.68. The predicted molar refractivity (Wildman–Crippen MR) is 90.2 cm³/mol. The smallest absolute Gasteiger partial charge is 0.387 e. The fraction of sp³-hybridized carbons (Fsp3) is 0.118. The average Bonchev–Trinajstić information content (AvgIpc) is 2.87. The molecule has 1 N–H and O–H groups in total. The van der Waals surface area contributed by atoms with Crippen LogP contribution in [0.3, 0.4) is 0 Å². The lowest BCUT2D eigenvalue weighted by Gasteiger charge is -2.13. The summed E-state index contributed by atoms with van der Waals surface area (Å²) in [5.74, 6) is -2.38. The number of ether oxygens (including phenoxy) is 1. The van der Waals surface area contributed by atoms with Gasteiger partial charge in [-0.1, -0.05) is 0 Å². The molecule has 0 spiro atoms. The summed E-state index contributed by atoms with van der Waals surface area (Å²) >= 11 is 0. The van der Waals surface area contributed by atoms with Crippen LogP contribution < -0.4 is 10.1 Å². The highest BCUT2D eigenvalue weighted by atomic mass is 19.3. The van der Waals surface area contributed by atoms with Crippen LogP contribution in [0.2, 0.25) is 0 Å². The largest absolute Gasteiger partial charge is 0.435 e. The molecule has 0 radical (unpaired) electrons. The van der Waals surface area contributed by atoms with E-state index in [2.05, 4.69) is 10.1 Å². The zero-order valence-electron chi connectivity index (χ0n) is 13.9. The lowest BCUT2D eigenvalue weighted by atomic mass is 10.1. The van der Waals surface area contributed by atoms with Gasteiger partial charge in [-0.05, 0) is 30.3 Å². The fourth-order valence-electron chi connectivity index (χ4n) is 2.60.